The number of likely N-dealkylation sites (tertiary alicyclic amines) is 1. The molecule has 0 radical (unpaired) electrons. The summed E-state index contributed by atoms with van der Waals surface area (Å²) < 4.78 is 3.84. The molecule has 2 saturated heterocycles. The number of hydrogen-bond donors (Lipinski definition) is 1. The first-order valence-corrected chi connectivity index (χ1v) is 13.4. The Bertz CT molecular complexity index is 1180. The van der Waals surface area contributed by atoms with Crippen LogP contribution in [0.2, 0.25) is 0 Å². The first-order chi connectivity index (χ1) is 17.1. The Hall–Kier alpha value is -2.58. The molecule has 2 amide bonds. The molecule has 192 valence electrons. The second-order valence-corrected chi connectivity index (χ2v) is 12.7. The minimum atomic E-state index is -0.955. The zero-order valence-corrected chi connectivity index (χ0v) is 22.2. The molecular weight excluding hydrogens is 476 g/mol. The monoisotopic (exact) mass is 510 g/mol. The van der Waals surface area contributed by atoms with Gasteiger partial charge in [0, 0.05) is 17.0 Å². The highest BCUT2D eigenvalue weighted by molar-refractivity contribution is 8.02. The third-order valence-corrected chi connectivity index (χ3v) is 10.0. The molecule has 0 aliphatic carbocycles. The number of rotatable bonds is 4. The van der Waals surface area contributed by atoms with Crippen LogP contribution in [-0.2, 0) is 19.1 Å². The Kier molecular flexibility index (Phi) is 6.11. The molecule has 8 heteroatoms. The zero-order chi connectivity index (χ0) is 26.0. The fourth-order valence-corrected chi connectivity index (χ4v) is 8.64. The highest BCUT2D eigenvalue weighted by Gasteiger charge is 2.74. The second-order valence-electron chi connectivity index (χ2n) is 10.9. The number of esters is 1. The SMILES string of the molecule is Cc1ccc(C)c(N2CC=C[C@]34S[C@@]5(C)C=CCOC(=O)[C@H]5[C@H]3C(=O)N([C@@H](CO)C(C)C)C4C2=O)c1. The molecule has 0 saturated carbocycles. The average molecular weight is 511 g/mol. The van der Waals surface area contributed by atoms with Gasteiger partial charge in [-0.3, -0.25) is 14.4 Å². The maximum absolute atomic E-state index is 14.5. The largest absolute Gasteiger partial charge is 0.461 e. The smallest absolute Gasteiger partial charge is 0.311 e. The van der Waals surface area contributed by atoms with Crippen molar-refractivity contribution < 1.29 is 24.2 Å². The van der Waals surface area contributed by atoms with Crippen LogP contribution in [0.15, 0.2) is 42.5 Å². The standard InChI is InChI=1S/C28H34N2O5S/c1-16(2)20(15-31)30-23-25(33)29(19-14-17(3)8-9-18(19)4)12-6-11-28(23)21(24(30)32)22-26(34)35-13-7-10-27(22,5)36-28/h6-11,14,16,20-23,31H,12-13,15H2,1-5H3/t20-,21-,22+,23?,27-,28-/m0/s1. The number of aliphatic hydroxyl groups is 1. The Balaban J connectivity index is 1.71. The van der Waals surface area contributed by atoms with E-state index in [0.29, 0.717) is 6.54 Å². The van der Waals surface area contributed by atoms with E-state index in [-0.39, 0.29) is 30.9 Å². The lowest BCUT2D eigenvalue weighted by atomic mass is 9.75. The molecule has 2 fully saturated rings. The molecule has 0 bridgehead atoms. The molecule has 7 nitrogen and oxygen atoms in total. The molecule has 1 unspecified atom stereocenters. The number of aliphatic hydroxyl groups excluding tert-OH is 1. The van der Waals surface area contributed by atoms with E-state index in [2.05, 4.69) is 0 Å². The van der Waals surface area contributed by atoms with Crippen LogP contribution in [0.4, 0.5) is 5.69 Å². The minimum Gasteiger partial charge on any atom is -0.461 e. The topological polar surface area (TPSA) is 87.2 Å². The van der Waals surface area contributed by atoms with Crippen LogP contribution in [-0.4, -0.2) is 69.1 Å². The Labute approximate surface area is 216 Å². The molecule has 0 aromatic heterocycles. The van der Waals surface area contributed by atoms with Gasteiger partial charge < -0.3 is 19.6 Å². The predicted octanol–water partition coefficient (Wildman–Crippen LogP) is 3.02. The summed E-state index contributed by atoms with van der Waals surface area (Å²) in [5.41, 5.74) is 2.82. The fourth-order valence-electron chi connectivity index (χ4n) is 6.50. The zero-order valence-electron chi connectivity index (χ0n) is 21.4. The number of thioether (sulfide) groups is 1. The molecule has 4 heterocycles. The molecule has 1 aromatic carbocycles. The third kappa shape index (κ3) is 3.48. The summed E-state index contributed by atoms with van der Waals surface area (Å²) in [4.78, 5) is 45.5. The van der Waals surface area contributed by atoms with E-state index in [4.69, 9.17) is 4.74 Å². The second kappa shape index (κ2) is 8.77. The number of cyclic esters (lactones) is 1. The first kappa shape index (κ1) is 25.1. The van der Waals surface area contributed by atoms with Gasteiger partial charge in [0.15, 0.2) is 0 Å². The van der Waals surface area contributed by atoms with Gasteiger partial charge in [0.1, 0.15) is 12.6 Å². The number of amides is 2. The number of aryl methyl sites for hydroxylation is 2. The summed E-state index contributed by atoms with van der Waals surface area (Å²) in [6, 6.07) is 4.60. The number of nitrogens with zero attached hydrogens (tertiary/aromatic N) is 2. The van der Waals surface area contributed by atoms with Crippen LogP contribution < -0.4 is 4.90 Å². The summed E-state index contributed by atoms with van der Waals surface area (Å²) in [6.07, 6.45) is 7.74. The summed E-state index contributed by atoms with van der Waals surface area (Å²) in [6.45, 7) is 10.1. The van der Waals surface area contributed by atoms with Gasteiger partial charge in [-0.25, -0.2) is 0 Å². The third-order valence-electron chi connectivity index (χ3n) is 8.22. The van der Waals surface area contributed by atoms with Crippen LogP contribution in [0.1, 0.15) is 31.9 Å². The lowest BCUT2D eigenvalue weighted by Crippen LogP contribution is -2.58. The van der Waals surface area contributed by atoms with E-state index in [1.165, 1.54) is 11.8 Å². The van der Waals surface area contributed by atoms with E-state index in [1.54, 1.807) is 9.80 Å². The number of fused-ring (bicyclic) bond motifs is 2. The van der Waals surface area contributed by atoms with Crippen molar-refractivity contribution in [1.82, 2.24) is 4.90 Å². The van der Waals surface area contributed by atoms with Crippen molar-refractivity contribution in [3.05, 3.63) is 53.6 Å². The molecule has 4 aliphatic rings. The fraction of sp³-hybridized carbons (Fsp3) is 0.536. The summed E-state index contributed by atoms with van der Waals surface area (Å²) in [5.74, 6) is -2.43. The van der Waals surface area contributed by atoms with Gasteiger partial charge >= 0.3 is 5.97 Å². The van der Waals surface area contributed by atoms with E-state index in [9.17, 15) is 19.5 Å². The predicted molar refractivity (Wildman–Crippen MR) is 140 cm³/mol. The van der Waals surface area contributed by atoms with E-state index < -0.39 is 39.4 Å². The first-order valence-electron chi connectivity index (χ1n) is 12.6. The van der Waals surface area contributed by atoms with Gasteiger partial charge in [0.2, 0.25) is 5.91 Å². The molecule has 36 heavy (non-hydrogen) atoms. The lowest BCUT2D eigenvalue weighted by Gasteiger charge is -2.41. The molecular formula is C28H34N2O5S. The molecule has 4 aliphatic heterocycles. The van der Waals surface area contributed by atoms with Crippen LogP contribution in [0.5, 0.6) is 0 Å². The number of benzene rings is 1. The van der Waals surface area contributed by atoms with Gasteiger partial charge in [-0.05, 0) is 50.0 Å². The number of carbonyl (C=O) groups is 3. The number of hydrogen-bond acceptors (Lipinski definition) is 6. The normalized spacial score (nSPS) is 34.3. The number of carbonyl (C=O) groups excluding carboxylic acids is 3. The van der Waals surface area contributed by atoms with Crippen LogP contribution >= 0.6 is 11.8 Å². The van der Waals surface area contributed by atoms with E-state index in [0.717, 1.165) is 16.8 Å². The van der Waals surface area contributed by atoms with Crippen molar-refractivity contribution in [3.8, 4) is 0 Å². The van der Waals surface area contributed by atoms with E-state index in [1.807, 2.05) is 77.1 Å². The summed E-state index contributed by atoms with van der Waals surface area (Å²) in [7, 11) is 0. The Morgan fingerprint density at radius 1 is 1.11 bits per heavy atom. The maximum atomic E-state index is 14.5. The molecule has 5 rings (SSSR count). The number of ether oxygens (including phenoxy) is 1. The lowest BCUT2D eigenvalue weighted by molar-refractivity contribution is -0.153. The van der Waals surface area contributed by atoms with Gasteiger partial charge in [0.05, 0.1) is 29.2 Å². The number of anilines is 1. The van der Waals surface area contributed by atoms with Gasteiger partial charge in [-0.1, -0.05) is 44.2 Å². The Morgan fingerprint density at radius 2 is 1.86 bits per heavy atom. The molecule has 1 N–H and O–H groups in total. The molecule has 1 spiro atoms. The van der Waals surface area contributed by atoms with Crippen LogP contribution in [0.3, 0.4) is 0 Å². The van der Waals surface area contributed by atoms with Crippen molar-refractivity contribution >= 4 is 35.2 Å². The van der Waals surface area contributed by atoms with Crippen LogP contribution in [0, 0.1) is 31.6 Å². The molecule has 1 aromatic rings. The van der Waals surface area contributed by atoms with Crippen molar-refractivity contribution in [1.29, 1.82) is 0 Å². The highest BCUT2D eigenvalue weighted by Crippen LogP contribution is 2.65. The van der Waals surface area contributed by atoms with Gasteiger partial charge in [-0.2, -0.15) is 0 Å². The average Bonchev–Trinajstić information content (AvgIpc) is 3.07. The quantitative estimate of drug-likeness (QED) is 0.495. The van der Waals surface area contributed by atoms with Crippen molar-refractivity contribution in [2.24, 2.45) is 17.8 Å². The van der Waals surface area contributed by atoms with Crippen LogP contribution in [0.25, 0.3) is 0 Å². The minimum absolute atomic E-state index is 0.0821. The van der Waals surface area contributed by atoms with Crippen molar-refractivity contribution in [2.75, 3.05) is 24.7 Å². The van der Waals surface area contributed by atoms with Gasteiger partial charge in [-0.15, -0.1) is 11.8 Å². The van der Waals surface area contributed by atoms with E-state index >= 15 is 0 Å². The van der Waals surface area contributed by atoms with Crippen molar-refractivity contribution in [2.45, 2.75) is 56.2 Å². The highest BCUT2D eigenvalue weighted by atomic mass is 32.2. The van der Waals surface area contributed by atoms with Crippen molar-refractivity contribution in [3.63, 3.8) is 0 Å². The summed E-state index contributed by atoms with van der Waals surface area (Å²) >= 11 is 1.52. The Morgan fingerprint density at radius 3 is 2.56 bits per heavy atom. The summed E-state index contributed by atoms with van der Waals surface area (Å²) in [5, 5.41) is 10.4. The maximum Gasteiger partial charge on any atom is 0.311 e. The van der Waals surface area contributed by atoms with Gasteiger partial charge in [0.25, 0.3) is 5.91 Å². The molecule has 6 atom stereocenters.